The van der Waals surface area contributed by atoms with Gasteiger partial charge in [0.05, 0.1) is 32.3 Å². The van der Waals surface area contributed by atoms with Gasteiger partial charge >= 0.3 is 12.1 Å². The smallest absolute Gasteiger partial charge is 0.417 e. The minimum absolute atomic E-state index is 0.0568. The molecule has 0 unspecified atom stereocenters. The summed E-state index contributed by atoms with van der Waals surface area (Å²) in [5, 5.41) is 8.75. The van der Waals surface area contributed by atoms with Crippen LogP contribution in [0.3, 0.4) is 0 Å². The monoisotopic (exact) mass is 609 g/mol. The molecule has 1 fully saturated rings. The molecular weight excluding hydrogens is 570 g/mol. The molecule has 11 nitrogen and oxygen atoms in total. The fourth-order valence-corrected chi connectivity index (χ4v) is 4.74. The Morgan fingerprint density at radius 2 is 1.73 bits per heavy atom. The van der Waals surface area contributed by atoms with Crippen LogP contribution in [-0.2, 0) is 38.1 Å². The van der Waals surface area contributed by atoms with Gasteiger partial charge in [-0.2, -0.15) is 0 Å². The number of rotatable bonds is 17. The van der Waals surface area contributed by atoms with Gasteiger partial charge in [0.1, 0.15) is 12.6 Å². The van der Waals surface area contributed by atoms with Crippen LogP contribution < -0.4 is 0 Å². The molecule has 0 spiro atoms. The number of allylic oxidation sites excluding steroid dienone is 1. The summed E-state index contributed by atoms with van der Waals surface area (Å²) in [6.45, 7) is 5.33. The van der Waals surface area contributed by atoms with Crippen LogP contribution in [-0.4, -0.2) is 85.3 Å². The van der Waals surface area contributed by atoms with Crippen molar-refractivity contribution in [1.82, 2.24) is 4.90 Å². The second-order valence-corrected chi connectivity index (χ2v) is 10.3. The van der Waals surface area contributed by atoms with Crippen LogP contribution in [0.4, 0.5) is 4.79 Å². The van der Waals surface area contributed by atoms with Crippen molar-refractivity contribution in [2.24, 2.45) is 5.92 Å². The van der Waals surface area contributed by atoms with Crippen LogP contribution in [0.5, 0.6) is 0 Å². The van der Waals surface area contributed by atoms with E-state index in [0.717, 1.165) is 23.5 Å². The quantitative estimate of drug-likeness (QED) is 0.160. The maximum absolute atomic E-state index is 13.7. The number of aliphatic hydroxyl groups is 1. The van der Waals surface area contributed by atoms with E-state index in [1.165, 1.54) is 6.92 Å². The highest BCUT2D eigenvalue weighted by Gasteiger charge is 2.44. The third-order valence-electron chi connectivity index (χ3n) is 6.93. The highest BCUT2D eigenvalue weighted by atomic mass is 16.6. The summed E-state index contributed by atoms with van der Waals surface area (Å²) < 4.78 is 21.1. The Morgan fingerprint density at radius 3 is 2.39 bits per heavy atom. The number of Topliss-reactive ketones (excluding diaryl/α,β-unsaturated/α-hetero) is 1. The van der Waals surface area contributed by atoms with Crippen molar-refractivity contribution in [2.75, 3.05) is 39.6 Å². The van der Waals surface area contributed by atoms with Gasteiger partial charge in [0.25, 0.3) is 0 Å². The van der Waals surface area contributed by atoms with Crippen LogP contribution in [0.2, 0.25) is 0 Å². The van der Waals surface area contributed by atoms with Gasteiger partial charge in [-0.15, -0.1) is 0 Å². The predicted molar refractivity (Wildman–Crippen MR) is 159 cm³/mol. The van der Waals surface area contributed by atoms with Gasteiger partial charge in [-0.25, -0.2) is 9.69 Å². The van der Waals surface area contributed by atoms with Crippen molar-refractivity contribution in [3.05, 3.63) is 77.4 Å². The fraction of sp³-hybridized carbons (Fsp3) is 0.424. The molecule has 1 aliphatic rings. The minimum atomic E-state index is -1.60. The van der Waals surface area contributed by atoms with Crippen molar-refractivity contribution in [1.29, 1.82) is 0 Å². The second kappa shape index (κ2) is 17.2. The van der Waals surface area contributed by atoms with Crippen LogP contribution in [0.25, 0.3) is 5.57 Å². The number of hydrogen-bond acceptors (Lipinski definition) is 10. The summed E-state index contributed by atoms with van der Waals surface area (Å²) in [6.07, 6.45) is -0.918. The van der Waals surface area contributed by atoms with Gasteiger partial charge in [-0.3, -0.25) is 19.2 Å². The lowest BCUT2D eigenvalue weighted by atomic mass is 9.92. The summed E-state index contributed by atoms with van der Waals surface area (Å²) in [7, 11) is 0. The van der Waals surface area contributed by atoms with Crippen LogP contribution in [0.15, 0.2) is 60.7 Å². The van der Waals surface area contributed by atoms with E-state index in [-0.39, 0.29) is 44.2 Å². The van der Waals surface area contributed by atoms with Gasteiger partial charge in [0.15, 0.2) is 17.7 Å². The molecule has 236 valence electrons. The summed E-state index contributed by atoms with van der Waals surface area (Å²) in [5.41, 5.74) is 2.13. The molecule has 1 aliphatic heterocycles. The molecule has 11 heteroatoms. The number of nitrogens with zero attached hydrogens (tertiary/aromatic N) is 1. The zero-order valence-corrected chi connectivity index (χ0v) is 25.2. The number of hydrogen-bond donors (Lipinski definition) is 1. The van der Waals surface area contributed by atoms with Gasteiger partial charge in [0, 0.05) is 25.5 Å². The third kappa shape index (κ3) is 9.66. The highest BCUT2D eigenvalue weighted by molar-refractivity contribution is 6.25. The Hall–Kier alpha value is -4.19. The molecule has 44 heavy (non-hydrogen) atoms. The van der Waals surface area contributed by atoms with Gasteiger partial charge < -0.3 is 24.1 Å². The summed E-state index contributed by atoms with van der Waals surface area (Å²) in [5.74, 6) is -3.93. The largest absolute Gasteiger partial charge is 0.453 e. The van der Waals surface area contributed by atoms with Gasteiger partial charge in [-0.05, 0) is 37.5 Å². The Bertz CT molecular complexity index is 1340. The molecule has 1 N–H and O–H groups in total. The standard InChI is InChI=1S/C33H39NO10/c1-22-9-7-12-26(19-22)27(29(37)13-8-15-41-17-18-42-16-14-35)20-30(38)31(44-24(3)36)23(2)32(39)34-28(21-43-33(34)40)25-10-5-4-6-11-25/h4-7,9-12,19-20,23,28,31,35H,8,13-18,21H2,1-3H3/t23-,28+,31-/m0/s1. The first-order valence-electron chi connectivity index (χ1n) is 14.5. The average molecular weight is 610 g/mol. The van der Waals surface area contributed by atoms with Crippen molar-refractivity contribution >= 4 is 35.1 Å². The number of benzene rings is 2. The Balaban J connectivity index is 1.82. The zero-order valence-electron chi connectivity index (χ0n) is 25.2. The number of carbonyl (C=O) groups excluding carboxylic acids is 5. The maximum Gasteiger partial charge on any atom is 0.417 e. The van der Waals surface area contributed by atoms with E-state index >= 15 is 0 Å². The predicted octanol–water partition coefficient (Wildman–Crippen LogP) is 3.61. The summed E-state index contributed by atoms with van der Waals surface area (Å²) >= 11 is 0. The van der Waals surface area contributed by atoms with E-state index in [2.05, 4.69) is 0 Å². The molecule has 0 radical (unpaired) electrons. The van der Waals surface area contributed by atoms with Crippen molar-refractivity contribution in [3.63, 3.8) is 0 Å². The summed E-state index contributed by atoms with van der Waals surface area (Å²) in [6, 6.07) is 15.2. The average Bonchev–Trinajstić information content (AvgIpc) is 3.40. The maximum atomic E-state index is 13.7. The molecule has 3 rings (SSSR count). The highest BCUT2D eigenvalue weighted by Crippen LogP contribution is 2.31. The van der Waals surface area contributed by atoms with E-state index < -0.39 is 41.8 Å². The lowest BCUT2D eigenvalue weighted by molar-refractivity contribution is -0.158. The summed E-state index contributed by atoms with van der Waals surface area (Å²) in [4.78, 5) is 66.4. The first-order valence-corrected chi connectivity index (χ1v) is 14.5. The number of ether oxygens (including phenoxy) is 4. The Kier molecular flexibility index (Phi) is 13.4. The van der Waals surface area contributed by atoms with Crippen molar-refractivity contribution in [3.8, 4) is 0 Å². The zero-order chi connectivity index (χ0) is 32.1. The Labute approximate surface area is 256 Å². The fourth-order valence-electron chi connectivity index (χ4n) is 4.74. The molecule has 2 amide bonds. The van der Waals surface area contributed by atoms with E-state index in [4.69, 9.17) is 24.1 Å². The number of esters is 1. The molecule has 2 aromatic rings. The van der Waals surface area contributed by atoms with E-state index in [9.17, 15) is 24.0 Å². The van der Waals surface area contributed by atoms with Gasteiger partial charge in [0.2, 0.25) is 5.91 Å². The Morgan fingerprint density at radius 1 is 1.02 bits per heavy atom. The number of ketones is 2. The molecule has 0 saturated carbocycles. The molecule has 2 aromatic carbocycles. The molecule has 0 aliphatic carbocycles. The number of aliphatic hydroxyl groups excluding tert-OH is 1. The number of aryl methyl sites for hydroxylation is 1. The first-order chi connectivity index (χ1) is 21.1. The van der Waals surface area contributed by atoms with Crippen LogP contribution >= 0.6 is 0 Å². The number of amides is 2. The third-order valence-corrected chi connectivity index (χ3v) is 6.93. The molecular formula is C33H39NO10. The molecule has 0 aromatic heterocycles. The number of carbonyl (C=O) groups is 5. The molecule has 1 saturated heterocycles. The number of cyclic esters (lactones) is 1. The van der Waals surface area contributed by atoms with Crippen LogP contribution in [0.1, 0.15) is 49.4 Å². The normalized spacial score (nSPS) is 16.3. The van der Waals surface area contributed by atoms with Crippen molar-refractivity contribution in [2.45, 2.75) is 45.8 Å². The van der Waals surface area contributed by atoms with Gasteiger partial charge in [-0.1, -0.05) is 60.2 Å². The first kappa shape index (κ1) is 34.3. The molecule has 0 bridgehead atoms. The lowest BCUT2D eigenvalue weighted by Crippen LogP contribution is -2.45. The lowest BCUT2D eigenvalue weighted by Gasteiger charge is -2.27. The van der Waals surface area contributed by atoms with Crippen LogP contribution in [0, 0.1) is 12.8 Å². The molecule has 1 heterocycles. The van der Waals surface area contributed by atoms with E-state index in [1.54, 1.807) is 48.5 Å². The van der Waals surface area contributed by atoms with Crippen molar-refractivity contribution < 1.29 is 48.0 Å². The minimum Gasteiger partial charge on any atom is -0.453 e. The van der Waals surface area contributed by atoms with E-state index in [0.29, 0.717) is 30.8 Å². The molecule has 3 atom stereocenters. The van der Waals surface area contributed by atoms with E-state index in [1.807, 2.05) is 13.0 Å². The number of imide groups is 1. The topological polar surface area (TPSA) is 146 Å². The SMILES string of the molecule is CC(=O)O[C@H](C(=O)C=C(C(=O)CCCOCCOCCO)c1cccc(C)c1)[C@H](C)C(=O)N1C(=O)OC[C@@H]1c1ccccc1. The second-order valence-electron chi connectivity index (χ2n) is 10.3.